The standard InChI is InChI=1S/C12H14O2/c1-9-4-2-5-10(8-9)12(11(13)14)6-3-7-12/h2,4-5,8H,3,6-7H2,1H3,(H,13,14). The summed E-state index contributed by atoms with van der Waals surface area (Å²) in [4.78, 5) is 11.2. The lowest BCUT2D eigenvalue weighted by Gasteiger charge is -2.38. The molecule has 2 heteroatoms. The van der Waals surface area contributed by atoms with E-state index in [1.807, 2.05) is 31.2 Å². The Labute approximate surface area is 83.6 Å². The number of carbonyl (C=O) groups is 1. The quantitative estimate of drug-likeness (QED) is 0.778. The van der Waals surface area contributed by atoms with Crippen molar-refractivity contribution in [3.05, 3.63) is 35.4 Å². The summed E-state index contributed by atoms with van der Waals surface area (Å²) in [5.74, 6) is -0.672. The summed E-state index contributed by atoms with van der Waals surface area (Å²) in [7, 11) is 0. The van der Waals surface area contributed by atoms with Crippen molar-refractivity contribution in [1.29, 1.82) is 0 Å². The van der Waals surface area contributed by atoms with Crippen molar-refractivity contribution in [3.63, 3.8) is 0 Å². The molecular weight excluding hydrogens is 176 g/mol. The summed E-state index contributed by atoms with van der Waals surface area (Å²) < 4.78 is 0. The minimum atomic E-state index is -0.672. The van der Waals surface area contributed by atoms with Crippen molar-refractivity contribution in [2.75, 3.05) is 0 Å². The van der Waals surface area contributed by atoms with Gasteiger partial charge in [0, 0.05) is 0 Å². The van der Waals surface area contributed by atoms with E-state index in [9.17, 15) is 9.90 Å². The first-order valence-electron chi connectivity index (χ1n) is 4.96. The van der Waals surface area contributed by atoms with Gasteiger partial charge in [0.05, 0.1) is 5.41 Å². The first kappa shape index (κ1) is 9.25. The molecule has 0 spiro atoms. The SMILES string of the molecule is Cc1cccc(C2(C(=O)O)CCC2)c1. The number of rotatable bonds is 2. The fourth-order valence-electron chi connectivity index (χ4n) is 2.10. The van der Waals surface area contributed by atoms with Crippen LogP contribution < -0.4 is 0 Å². The van der Waals surface area contributed by atoms with Gasteiger partial charge in [0.2, 0.25) is 0 Å². The van der Waals surface area contributed by atoms with Gasteiger partial charge in [-0.2, -0.15) is 0 Å². The van der Waals surface area contributed by atoms with Gasteiger partial charge >= 0.3 is 5.97 Å². The number of carboxylic acids is 1. The predicted octanol–water partition coefficient (Wildman–Crippen LogP) is 2.50. The second kappa shape index (κ2) is 3.12. The maximum absolute atomic E-state index is 11.2. The molecular formula is C12H14O2. The van der Waals surface area contributed by atoms with Gasteiger partial charge < -0.3 is 5.11 Å². The Morgan fingerprint density at radius 2 is 2.14 bits per heavy atom. The van der Waals surface area contributed by atoms with Gasteiger partial charge in [0.1, 0.15) is 0 Å². The molecule has 1 aromatic carbocycles. The molecule has 1 saturated carbocycles. The van der Waals surface area contributed by atoms with Crippen LogP contribution in [0.1, 0.15) is 30.4 Å². The van der Waals surface area contributed by atoms with Gasteiger partial charge in [-0.05, 0) is 25.3 Å². The Morgan fingerprint density at radius 1 is 1.43 bits per heavy atom. The lowest BCUT2D eigenvalue weighted by atomic mass is 9.64. The van der Waals surface area contributed by atoms with Crippen LogP contribution in [0.4, 0.5) is 0 Å². The first-order valence-corrected chi connectivity index (χ1v) is 4.96. The summed E-state index contributed by atoms with van der Waals surface area (Å²) in [5.41, 5.74) is 1.53. The molecule has 0 bridgehead atoms. The van der Waals surface area contributed by atoms with E-state index in [1.165, 1.54) is 0 Å². The molecule has 14 heavy (non-hydrogen) atoms. The molecule has 1 fully saturated rings. The highest BCUT2D eigenvalue weighted by Crippen LogP contribution is 2.44. The van der Waals surface area contributed by atoms with Gasteiger partial charge in [-0.15, -0.1) is 0 Å². The summed E-state index contributed by atoms with van der Waals surface area (Å²) >= 11 is 0. The predicted molar refractivity (Wildman–Crippen MR) is 54.3 cm³/mol. The average Bonchev–Trinajstić information content (AvgIpc) is 2.00. The van der Waals surface area contributed by atoms with Crippen LogP contribution in [0.25, 0.3) is 0 Å². The van der Waals surface area contributed by atoms with E-state index < -0.39 is 11.4 Å². The summed E-state index contributed by atoms with van der Waals surface area (Å²) in [6.45, 7) is 2.00. The van der Waals surface area contributed by atoms with Crippen LogP contribution in [-0.4, -0.2) is 11.1 Å². The number of hydrogen-bond acceptors (Lipinski definition) is 1. The molecule has 1 aliphatic rings. The molecule has 2 rings (SSSR count). The van der Waals surface area contributed by atoms with E-state index in [4.69, 9.17) is 0 Å². The molecule has 1 N–H and O–H groups in total. The zero-order valence-electron chi connectivity index (χ0n) is 8.29. The summed E-state index contributed by atoms with van der Waals surface area (Å²) in [6, 6.07) is 7.86. The van der Waals surface area contributed by atoms with Crippen LogP contribution in [0.3, 0.4) is 0 Å². The molecule has 0 amide bonds. The minimum absolute atomic E-state index is 0.577. The number of aliphatic carboxylic acids is 1. The molecule has 0 unspecified atom stereocenters. The van der Waals surface area contributed by atoms with Gasteiger partial charge in [0.25, 0.3) is 0 Å². The zero-order valence-corrected chi connectivity index (χ0v) is 8.29. The number of carboxylic acid groups (broad SMARTS) is 1. The Morgan fingerprint density at radius 3 is 2.57 bits per heavy atom. The van der Waals surface area contributed by atoms with Crippen LogP contribution in [0.5, 0.6) is 0 Å². The van der Waals surface area contributed by atoms with E-state index in [2.05, 4.69) is 0 Å². The van der Waals surface area contributed by atoms with Crippen molar-refractivity contribution in [2.45, 2.75) is 31.6 Å². The van der Waals surface area contributed by atoms with Gasteiger partial charge in [0.15, 0.2) is 0 Å². The maximum Gasteiger partial charge on any atom is 0.314 e. The smallest absolute Gasteiger partial charge is 0.314 e. The van der Waals surface area contributed by atoms with E-state index in [0.29, 0.717) is 0 Å². The monoisotopic (exact) mass is 190 g/mol. The number of hydrogen-bond donors (Lipinski definition) is 1. The van der Waals surface area contributed by atoms with E-state index in [0.717, 1.165) is 30.4 Å². The topological polar surface area (TPSA) is 37.3 Å². The van der Waals surface area contributed by atoms with Crippen LogP contribution in [0, 0.1) is 6.92 Å². The van der Waals surface area contributed by atoms with Gasteiger partial charge in [-0.1, -0.05) is 36.2 Å². The molecule has 0 atom stereocenters. The van der Waals surface area contributed by atoms with Gasteiger partial charge in [-0.25, -0.2) is 0 Å². The minimum Gasteiger partial charge on any atom is -0.481 e. The maximum atomic E-state index is 11.2. The Balaban J connectivity index is 2.42. The molecule has 1 aliphatic carbocycles. The molecule has 0 heterocycles. The Bertz CT molecular complexity index is 364. The number of aryl methyl sites for hydroxylation is 1. The molecule has 0 saturated heterocycles. The van der Waals surface area contributed by atoms with Crippen molar-refractivity contribution in [1.82, 2.24) is 0 Å². The third-order valence-electron chi connectivity index (χ3n) is 3.19. The van der Waals surface area contributed by atoms with E-state index >= 15 is 0 Å². The van der Waals surface area contributed by atoms with Crippen molar-refractivity contribution in [3.8, 4) is 0 Å². The molecule has 2 nitrogen and oxygen atoms in total. The van der Waals surface area contributed by atoms with Gasteiger partial charge in [-0.3, -0.25) is 4.79 Å². The van der Waals surface area contributed by atoms with Crippen LogP contribution in [-0.2, 0) is 10.2 Å². The third kappa shape index (κ3) is 1.22. The van der Waals surface area contributed by atoms with Crippen LogP contribution in [0.15, 0.2) is 24.3 Å². The van der Waals surface area contributed by atoms with Crippen molar-refractivity contribution >= 4 is 5.97 Å². The third-order valence-corrected chi connectivity index (χ3v) is 3.19. The highest BCUT2D eigenvalue weighted by molar-refractivity contribution is 5.82. The fraction of sp³-hybridized carbons (Fsp3) is 0.417. The second-order valence-electron chi connectivity index (χ2n) is 4.11. The lowest BCUT2D eigenvalue weighted by molar-refractivity contribution is -0.147. The van der Waals surface area contributed by atoms with Crippen molar-refractivity contribution in [2.24, 2.45) is 0 Å². The molecule has 0 radical (unpaired) electrons. The molecule has 1 aromatic rings. The van der Waals surface area contributed by atoms with E-state index in [-0.39, 0.29) is 0 Å². The highest BCUT2D eigenvalue weighted by atomic mass is 16.4. The summed E-state index contributed by atoms with van der Waals surface area (Å²) in [5, 5.41) is 9.23. The van der Waals surface area contributed by atoms with Crippen molar-refractivity contribution < 1.29 is 9.90 Å². The molecule has 0 aliphatic heterocycles. The Hall–Kier alpha value is -1.31. The first-order chi connectivity index (χ1) is 6.65. The van der Waals surface area contributed by atoms with E-state index in [1.54, 1.807) is 0 Å². The average molecular weight is 190 g/mol. The fourth-order valence-corrected chi connectivity index (χ4v) is 2.10. The normalized spacial score (nSPS) is 18.6. The second-order valence-corrected chi connectivity index (χ2v) is 4.11. The van der Waals surface area contributed by atoms with Crippen LogP contribution in [0.2, 0.25) is 0 Å². The molecule has 74 valence electrons. The van der Waals surface area contributed by atoms with Crippen LogP contribution >= 0.6 is 0 Å². The largest absolute Gasteiger partial charge is 0.481 e. The molecule has 0 aromatic heterocycles. The zero-order chi connectivity index (χ0) is 10.2. The number of benzene rings is 1. The highest BCUT2D eigenvalue weighted by Gasteiger charge is 2.45. The Kier molecular flexibility index (Phi) is 2.06. The lowest BCUT2D eigenvalue weighted by Crippen LogP contribution is -2.42. The summed E-state index contributed by atoms with van der Waals surface area (Å²) in [6.07, 6.45) is 2.60.